The second-order valence-corrected chi connectivity index (χ2v) is 6.49. The molecular weight excluding hydrogens is 366 g/mol. The molecule has 0 fully saturated rings. The Bertz CT molecular complexity index is 933. The Kier molecular flexibility index (Phi) is 5.64. The molecule has 0 saturated heterocycles. The van der Waals surface area contributed by atoms with Crippen LogP contribution in [0.1, 0.15) is 37.4 Å². The summed E-state index contributed by atoms with van der Waals surface area (Å²) in [5.74, 6) is -1.67. The van der Waals surface area contributed by atoms with Crippen molar-refractivity contribution in [3.63, 3.8) is 0 Å². The summed E-state index contributed by atoms with van der Waals surface area (Å²) in [5.41, 5.74) is 0.276. The molecule has 148 valence electrons. The van der Waals surface area contributed by atoms with Crippen molar-refractivity contribution in [3.8, 4) is 17.2 Å². The standard InChI is InChI=1S/C20H21NO7/c1-28-12-8-14-18(16(25)9-12)20(27)17-13(19(14)26)6-11(7-15(17)24)10-21(2-4-22)3-5-23/h6-9,22-25H,2-5,10H2,1H3. The van der Waals surface area contributed by atoms with Gasteiger partial charge in [-0.05, 0) is 23.8 Å². The SMILES string of the molecule is COc1cc(O)c2c(c1)C(=O)c1cc(CN(CCO)CCO)cc(O)c1C2=O. The molecule has 1 aliphatic rings. The molecule has 0 radical (unpaired) electrons. The lowest BCUT2D eigenvalue weighted by atomic mass is 9.82. The predicted molar refractivity (Wildman–Crippen MR) is 99.1 cm³/mol. The Labute approximate surface area is 161 Å². The number of methoxy groups -OCH3 is 1. The van der Waals surface area contributed by atoms with E-state index in [1.807, 2.05) is 0 Å². The van der Waals surface area contributed by atoms with Crippen molar-refractivity contribution in [3.05, 3.63) is 52.1 Å². The van der Waals surface area contributed by atoms with Crippen LogP contribution in [-0.4, -0.2) is 70.3 Å². The molecule has 3 rings (SSSR count). The van der Waals surface area contributed by atoms with Gasteiger partial charge in [0, 0.05) is 36.8 Å². The Morgan fingerprint density at radius 2 is 1.43 bits per heavy atom. The van der Waals surface area contributed by atoms with Crippen LogP contribution in [0.25, 0.3) is 0 Å². The molecule has 0 atom stereocenters. The van der Waals surface area contributed by atoms with Crippen LogP contribution in [0.3, 0.4) is 0 Å². The number of aromatic hydroxyl groups is 2. The summed E-state index contributed by atoms with van der Waals surface area (Å²) in [4.78, 5) is 27.6. The summed E-state index contributed by atoms with van der Waals surface area (Å²) in [5, 5.41) is 38.9. The quantitative estimate of drug-likeness (QED) is 0.466. The van der Waals surface area contributed by atoms with Crippen LogP contribution in [0.5, 0.6) is 17.2 Å². The zero-order chi connectivity index (χ0) is 20.4. The first-order chi connectivity index (χ1) is 13.4. The summed E-state index contributed by atoms with van der Waals surface area (Å²) in [6, 6.07) is 5.50. The van der Waals surface area contributed by atoms with Crippen LogP contribution in [0.2, 0.25) is 0 Å². The average molecular weight is 387 g/mol. The second-order valence-electron chi connectivity index (χ2n) is 6.49. The monoisotopic (exact) mass is 387 g/mol. The fourth-order valence-corrected chi connectivity index (χ4v) is 3.41. The first-order valence-corrected chi connectivity index (χ1v) is 8.71. The number of carbonyl (C=O) groups excluding carboxylic acids is 2. The third-order valence-corrected chi connectivity index (χ3v) is 4.69. The lowest BCUT2D eigenvalue weighted by Crippen LogP contribution is -2.29. The van der Waals surface area contributed by atoms with Gasteiger partial charge in [-0.3, -0.25) is 14.5 Å². The third kappa shape index (κ3) is 3.45. The van der Waals surface area contributed by atoms with Crippen LogP contribution in [0, 0.1) is 0 Å². The molecule has 0 aromatic heterocycles. The molecule has 4 N–H and O–H groups in total. The molecule has 2 aromatic rings. The van der Waals surface area contributed by atoms with Crippen molar-refractivity contribution in [2.45, 2.75) is 6.54 Å². The number of nitrogens with zero attached hydrogens (tertiary/aromatic N) is 1. The summed E-state index contributed by atoms with van der Waals surface area (Å²) in [6.07, 6.45) is 0. The highest BCUT2D eigenvalue weighted by Crippen LogP contribution is 2.39. The number of aliphatic hydroxyl groups excluding tert-OH is 2. The molecule has 0 unspecified atom stereocenters. The van der Waals surface area contributed by atoms with Crippen molar-refractivity contribution in [1.29, 1.82) is 0 Å². The largest absolute Gasteiger partial charge is 0.507 e. The van der Waals surface area contributed by atoms with E-state index in [1.54, 1.807) is 4.90 Å². The van der Waals surface area contributed by atoms with E-state index in [4.69, 9.17) is 14.9 Å². The van der Waals surface area contributed by atoms with Gasteiger partial charge in [0.15, 0.2) is 5.78 Å². The molecule has 0 saturated carbocycles. The van der Waals surface area contributed by atoms with Crippen molar-refractivity contribution in [2.75, 3.05) is 33.4 Å². The maximum atomic E-state index is 13.0. The molecule has 8 nitrogen and oxygen atoms in total. The fourth-order valence-electron chi connectivity index (χ4n) is 3.41. The van der Waals surface area contributed by atoms with E-state index in [-0.39, 0.29) is 59.3 Å². The van der Waals surface area contributed by atoms with E-state index in [0.29, 0.717) is 18.7 Å². The highest BCUT2D eigenvalue weighted by Gasteiger charge is 2.35. The number of phenolic OH excluding ortho intramolecular Hbond substituents is 2. The molecule has 0 amide bonds. The number of carbonyl (C=O) groups is 2. The molecule has 0 spiro atoms. The maximum Gasteiger partial charge on any atom is 0.201 e. The summed E-state index contributed by atoms with van der Waals surface area (Å²) < 4.78 is 5.06. The zero-order valence-electron chi connectivity index (χ0n) is 15.3. The van der Waals surface area contributed by atoms with E-state index in [2.05, 4.69) is 0 Å². The van der Waals surface area contributed by atoms with Gasteiger partial charge >= 0.3 is 0 Å². The first kappa shape index (κ1) is 19.8. The van der Waals surface area contributed by atoms with Crippen LogP contribution in [0.15, 0.2) is 24.3 Å². The molecule has 0 aliphatic heterocycles. The van der Waals surface area contributed by atoms with E-state index >= 15 is 0 Å². The van der Waals surface area contributed by atoms with Crippen molar-refractivity contribution in [2.24, 2.45) is 0 Å². The number of ether oxygens (including phenoxy) is 1. The second kappa shape index (κ2) is 7.97. The normalized spacial score (nSPS) is 12.9. The van der Waals surface area contributed by atoms with Gasteiger partial charge in [0.1, 0.15) is 17.2 Å². The van der Waals surface area contributed by atoms with Crippen LogP contribution in [0.4, 0.5) is 0 Å². The van der Waals surface area contributed by atoms with Gasteiger partial charge < -0.3 is 25.2 Å². The third-order valence-electron chi connectivity index (χ3n) is 4.69. The fraction of sp³-hybridized carbons (Fsp3) is 0.300. The number of fused-ring (bicyclic) bond motifs is 2. The van der Waals surface area contributed by atoms with E-state index in [9.17, 15) is 19.8 Å². The predicted octanol–water partition coefficient (Wildman–Crippen LogP) is 0.668. The number of hydrogen-bond donors (Lipinski definition) is 4. The number of aliphatic hydroxyl groups is 2. The molecule has 28 heavy (non-hydrogen) atoms. The Balaban J connectivity index is 2.07. The number of phenols is 2. The molecule has 1 aliphatic carbocycles. The van der Waals surface area contributed by atoms with Crippen molar-refractivity contribution < 1.29 is 34.8 Å². The topological polar surface area (TPSA) is 128 Å². The molecule has 8 heteroatoms. The van der Waals surface area contributed by atoms with Gasteiger partial charge in [0.2, 0.25) is 5.78 Å². The Hall–Kier alpha value is -2.94. The minimum absolute atomic E-state index is 0.00784. The van der Waals surface area contributed by atoms with Gasteiger partial charge in [-0.25, -0.2) is 0 Å². The minimum Gasteiger partial charge on any atom is -0.507 e. The maximum absolute atomic E-state index is 13.0. The van der Waals surface area contributed by atoms with Crippen molar-refractivity contribution in [1.82, 2.24) is 4.90 Å². The highest BCUT2D eigenvalue weighted by atomic mass is 16.5. The number of hydrogen-bond acceptors (Lipinski definition) is 8. The first-order valence-electron chi connectivity index (χ1n) is 8.71. The van der Waals surface area contributed by atoms with Gasteiger partial charge in [0.05, 0.1) is 31.5 Å². The average Bonchev–Trinajstić information content (AvgIpc) is 2.65. The van der Waals surface area contributed by atoms with Gasteiger partial charge in [-0.15, -0.1) is 0 Å². The van der Waals surface area contributed by atoms with Crippen LogP contribution < -0.4 is 4.74 Å². The molecule has 0 bridgehead atoms. The summed E-state index contributed by atoms with van der Waals surface area (Å²) in [7, 11) is 1.38. The number of benzene rings is 2. The van der Waals surface area contributed by atoms with E-state index in [0.717, 1.165) is 0 Å². The number of rotatable bonds is 7. The van der Waals surface area contributed by atoms with Gasteiger partial charge in [-0.2, -0.15) is 0 Å². The summed E-state index contributed by atoms with van der Waals surface area (Å²) >= 11 is 0. The van der Waals surface area contributed by atoms with Crippen LogP contribution in [-0.2, 0) is 6.54 Å². The van der Waals surface area contributed by atoms with Crippen LogP contribution >= 0.6 is 0 Å². The Morgan fingerprint density at radius 3 is 2.00 bits per heavy atom. The molecule has 0 heterocycles. The minimum atomic E-state index is -0.642. The Morgan fingerprint density at radius 1 is 0.857 bits per heavy atom. The van der Waals surface area contributed by atoms with Gasteiger partial charge in [-0.1, -0.05) is 0 Å². The molecular formula is C20H21NO7. The molecule has 2 aromatic carbocycles. The smallest absolute Gasteiger partial charge is 0.201 e. The van der Waals surface area contributed by atoms with Crippen molar-refractivity contribution >= 4 is 11.6 Å². The van der Waals surface area contributed by atoms with Gasteiger partial charge in [0.25, 0.3) is 0 Å². The van der Waals surface area contributed by atoms with E-state index in [1.165, 1.54) is 31.4 Å². The summed E-state index contributed by atoms with van der Waals surface area (Å²) in [6.45, 7) is 0.652. The lowest BCUT2D eigenvalue weighted by molar-refractivity contribution is 0.0973. The zero-order valence-corrected chi connectivity index (χ0v) is 15.3. The van der Waals surface area contributed by atoms with E-state index < -0.39 is 11.6 Å². The lowest BCUT2D eigenvalue weighted by Gasteiger charge is -2.23. The number of ketones is 2. The highest BCUT2D eigenvalue weighted by molar-refractivity contribution is 6.30.